The average molecular weight is 258 g/mol. The summed E-state index contributed by atoms with van der Waals surface area (Å²) in [5.41, 5.74) is 7.96. The van der Waals surface area contributed by atoms with Gasteiger partial charge in [-0.15, -0.1) is 0 Å². The fraction of sp³-hybridized carbons (Fsp3) is 0.286. The lowest BCUT2D eigenvalue weighted by molar-refractivity contribution is 0.1000. The van der Waals surface area contributed by atoms with Gasteiger partial charge in [0.05, 0.1) is 6.20 Å². The molecule has 0 bridgehead atoms. The highest BCUT2D eigenvalue weighted by molar-refractivity contribution is 5.92. The third kappa shape index (κ3) is 3.42. The van der Waals surface area contributed by atoms with Gasteiger partial charge in [-0.05, 0) is 24.6 Å². The first-order chi connectivity index (χ1) is 9.06. The van der Waals surface area contributed by atoms with Gasteiger partial charge in [0.25, 0.3) is 0 Å². The number of rotatable bonds is 5. The van der Waals surface area contributed by atoms with Gasteiger partial charge in [0, 0.05) is 37.0 Å². The third-order valence-corrected chi connectivity index (χ3v) is 3.05. The zero-order chi connectivity index (χ0) is 13.8. The van der Waals surface area contributed by atoms with Gasteiger partial charge in [0.2, 0.25) is 5.91 Å². The number of hydrogen-bond acceptors (Lipinski definition) is 3. The summed E-state index contributed by atoms with van der Waals surface area (Å²) >= 11 is 0. The number of amides is 1. The second kappa shape index (κ2) is 5.67. The Hall–Kier alpha value is -2.14. The van der Waals surface area contributed by atoms with Crippen molar-refractivity contribution in [2.24, 2.45) is 12.8 Å². The average Bonchev–Trinajstić information content (AvgIpc) is 2.83. The van der Waals surface area contributed by atoms with E-state index < -0.39 is 5.91 Å². The molecule has 1 aromatic heterocycles. The van der Waals surface area contributed by atoms with E-state index in [0.29, 0.717) is 12.1 Å². The van der Waals surface area contributed by atoms with Gasteiger partial charge in [-0.25, -0.2) is 0 Å². The minimum Gasteiger partial charge on any atom is -0.366 e. The number of primary amides is 1. The minimum atomic E-state index is -0.401. The van der Waals surface area contributed by atoms with E-state index in [-0.39, 0.29) is 6.04 Å². The molecule has 0 aliphatic carbocycles. The molecule has 1 heterocycles. The standard InChI is InChI=1S/C14H18N4O/c1-10(13-8-17-18(2)9-13)16-7-11-4-3-5-12(6-11)14(15)19/h3-6,8-10,16H,7H2,1-2H3,(H2,15,19). The Morgan fingerprint density at radius 1 is 1.53 bits per heavy atom. The molecule has 5 heteroatoms. The zero-order valence-electron chi connectivity index (χ0n) is 11.1. The van der Waals surface area contributed by atoms with Gasteiger partial charge >= 0.3 is 0 Å². The summed E-state index contributed by atoms with van der Waals surface area (Å²) in [5.74, 6) is -0.401. The number of aromatic nitrogens is 2. The molecule has 2 aromatic rings. The molecule has 100 valence electrons. The Kier molecular flexibility index (Phi) is 3.97. The molecule has 0 aliphatic heterocycles. The topological polar surface area (TPSA) is 72.9 Å². The van der Waals surface area contributed by atoms with E-state index in [0.717, 1.165) is 11.1 Å². The quantitative estimate of drug-likeness (QED) is 0.850. The first kappa shape index (κ1) is 13.3. The smallest absolute Gasteiger partial charge is 0.248 e. The van der Waals surface area contributed by atoms with Gasteiger partial charge < -0.3 is 11.1 Å². The van der Waals surface area contributed by atoms with E-state index in [2.05, 4.69) is 17.3 Å². The number of aryl methyl sites for hydroxylation is 1. The van der Waals surface area contributed by atoms with Crippen LogP contribution in [0.5, 0.6) is 0 Å². The van der Waals surface area contributed by atoms with E-state index in [1.54, 1.807) is 10.7 Å². The van der Waals surface area contributed by atoms with Crippen LogP contribution in [0.4, 0.5) is 0 Å². The lowest BCUT2D eigenvalue weighted by Gasteiger charge is -2.12. The molecule has 2 rings (SSSR count). The summed E-state index contributed by atoms with van der Waals surface area (Å²) < 4.78 is 1.78. The van der Waals surface area contributed by atoms with Crippen molar-refractivity contribution in [2.75, 3.05) is 0 Å². The summed E-state index contributed by atoms with van der Waals surface area (Å²) in [4.78, 5) is 11.1. The van der Waals surface area contributed by atoms with Gasteiger partial charge in [-0.2, -0.15) is 5.10 Å². The van der Waals surface area contributed by atoms with Crippen LogP contribution in [-0.4, -0.2) is 15.7 Å². The molecule has 0 saturated carbocycles. The van der Waals surface area contributed by atoms with Crippen LogP contribution in [-0.2, 0) is 13.6 Å². The lowest BCUT2D eigenvalue weighted by Crippen LogP contribution is -2.18. The van der Waals surface area contributed by atoms with Crippen molar-refractivity contribution < 1.29 is 4.79 Å². The Balaban J connectivity index is 1.98. The number of benzene rings is 1. The molecular weight excluding hydrogens is 240 g/mol. The Morgan fingerprint density at radius 3 is 2.95 bits per heavy atom. The van der Waals surface area contributed by atoms with E-state index in [4.69, 9.17) is 5.73 Å². The van der Waals surface area contributed by atoms with Gasteiger partial charge in [-0.1, -0.05) is 12.1 Å². The lowest BCUT2D eigenvalue weighted by atomic mass is 10.1. The normalized spacial score (nSPS) is 12.3. The van der Waals surface area contributed by atoms with Crippen molar-refractivity contribution in [1.82, 2.24) is 15.1 Å². The number of nitrogens with zero attached hydrogens (tertiary/aromatic N) is 2. The molecule has 19 heavy (non-hydrogen) atoms. The third-order valence-electron chi connectivity index (χ3n) is 3.05. The van der Waals surface area contributed by atoms with Gasteiger partial charge in [-0.3, -0.25) is 9.48 Å². The van der Waals surface area contributed by atoms with Crippen LogP contribution in [0.2, 0.25) is 0 Å². The van der Waals surface area contributed by atoms with Crippen LogP contribution in [0, 0.1) is 0 Å². The van der Waals surface area contributed by atoms with Crippen molar-refractivity contribution in [3.05, 3.63) is 53.3 Å². The Morgan fingerprint density at radius 2 is 2.32 bits per heavy atom. The molecule has 5 nitrogen and oxygen atoms in total. The summed E-state index contributed by atoms with van der Waals surface area (Å²) in [6.07, 6.45) is 3.83. The van der Waals surface area contributed by atoms with E-state index in [1.165, 1.54) is 0 Å². The summed E-state index contributed by atoms with van der Waals surface area (Å²) in [5, 5.41) is 7.53. The maximum absolute atomic E-state index is 11.1. The molecule has 1 amide bonds. The molecule has 3 N–H and O–H groups in total. The summed E-state index contributed by atoms with van der Waals surface area (Å²) in [6.45, 7) is 2.76. The van der Waals surface area contributed by atoms with Crippen molar-refractivity contribution in [3.8, 4) is 0 Å². The number of nitrogens with two attached hydrogens (primary N) is 1. The number of carbonyl (C=O) groups excluding carboxylic acids is 1. The molecule has 1 aromatic carbocycles. The number of carbonyl (C=O) groups is 1. The molecule has 0 aliphatic rings. The highest BCUT2D eigenvalue weighted by Crippen LogP contribution is 2.12. The largest absolute Gasteiger partial charge is 0.366 e. The van der Waals surface area contributed by atoms with Crippen LogP contribution >= 0.6 is 0 Å². The van der Waals surface area contributed by atoms with Crippen LogP contribution in [0.3, 0.4) is 0 Å². The molecule has 0 radical (unpaired) electrons. The van der Waals surface area contributed by atoms with Crippen LogP contribution in [0.25, 0.3) is 0 Å². The molecule has 1 unspecified atom stereocenters. The van der Waals surface area contributed by atoms with Crippen LogP contribution in [0.15, 0.2) is 36.7 Å². The highest BCUT2D eigenvalue weighted by atomic mass is 16.1. The monoisotopic (exact) mass is 258 g/mol. The number of hydrogen-bond donors (Lipinski definition) is 2. The fourth-order valence-corrected chi connectivity index (χ4v) is 1.89. The van der Waals surface area contributed by atoms with E-state index in [1.807, 2.05) is 37.6 Å². The molecule has 0 spiro atoms. The first-order valence-corrected chi connectivity index (χ1v) is 6.17. The van der Waals surface area contributed by atoms with Crippen molar-refractivity contribution in [1.29, 1.82) is 0 Å². The molecule has 0 fully saturated rings. The summed E-state index contributed by atoms with van der Waals surface area (Å²) in [7, 11) is 1.90. The Labute approximate surface area is 112 Å². The van der Waals surface area contributed by atoms with Crippen LogP contribution in [0.1, 0.15) is 34.5 Å². The second-order valence-electron chi connectivity index (χ2n) is 4.61. The Bertz CT molecular complexity index is 576. The highest BCUT2D eigenvalue weighted by Gasteiger charge is 2.07. The maximum Gasteiger partial charge on any atom is 0.248 e. The predicted octanol–water partition coefficient (Wildman–Crippen LogP) is 1.37. The van der Waals surface area contributed by atoms with Gasteiger partial charge in [0.1, 0.15) is 0 Å². The number of nitrogens with one attached hydrogen (secondary N) is 1. The van der Waals surface area contributed by atoms with Gasteiger partial charge in [0.15, 0.2) is 0 Å². The first-order valence-electron chi connectivity index (χ1n) is 6.17. The van der Waals surface area contributed by atoms with Crippen molar-refractivity contribution in [3.63, 3.8) is 0 Å². The van der Waals surface area contributed by atoms with Crippen LogP contribution < -0.4 is 11.1 Å². The second-order valence-corrected chi connectivity index (χ2v) is 4.61. The minimum absolute atomic E-state index is 0.200. The SMILES string of the molecule is CC(NCc1cccc(C(N)=O)c1)c1cnn(C)c1. The van der Waals surface area contributed by atoms with Crippen molar-refractivity contribution in [2.45, 2.75) is 19.5 Å². The van der Waals surface area contributed by atoms with Crippen molar-refractivity contribution >= 4 is 5.91 Å². The van der Waals surface area contributed by atoms with E-state index >= 15 is 0 Å². The van der Waals surface area contributed by atoms with E-state index in [9.17, 15) is 4.79 Å². The molecular formula is C14H18N4O. The predicted molar refractivity (Wildman–Crippen MR) is 73.4 cm³/mol. The zero-order valence-corrected chi connectivity index (χ0v) is 11.1. The fourth-order valence-electron chi connectivity index (χ4n) is 1.89. The summed E-state index contributed by atoms with van der Waals surface area (Å²) in [6, 6.07) is 7.54. The molecule has 0 saturated heterocycles. The molecule has 1 atom stereocenters. The maximum atomic E-state index is 11.1.